The van der Waals surface area contributed by atoms with Crippen molar-refractivity contribution < 1.29 is 9.59 Å². The number of hydrogen-bond acceptors (Lipinski definition) is 5. The number of primary amides is 1. The van der Waals surface area contributed by atoms with Crippen LogP contribution in [0, 0.1) is 0 Å². The fraction of sp³-hybridized carbons (Fsp3) is 0.385. The number of nitrogens with one attached hydrogen (secondary N) is 2. The Morgan fingerprint density at radius 1 is 1.40 bits per heavy atom. The average molecular weight is 296 g/mol. The fourth-order valence-electron chi connectivity index (χ4n) is 1.53. The molecule has 0 aromatic carbocycles. The molecule has 0 spiro atoms. The molecule has 0 aliphatic rings. The van der Waals surface area contributed by atoms with Gasteiger partial charge in [0.25, 0.3) is 11.8 Å². The van der Waals surface area contributed by atoms with Crippen molar-refractivity contribution >= 4 is 33.8 Å². The maximum absolute atomic E-state index is 12.0. The van der Waals surface area contributed by atoms with Crippen molar-refractivity contribution in [3.05, 3.63) is 22.6 Å². The second-order valence-corrected chi connectivity index (χ2v) is 5.50. The van der Waals surface area contributed by atoms with Crippen LogP contribution < -0.4 is 22.1 Å². The predicted molar refractivity (Wildman–Crippen MR) is 83.2 cm³/mol. The van der Waals surface area contributed by atoms with Crippen molar-refractivity contribution in [1.29, 1.82) is 0 Å². The van der Waals surface area contributed by atoms with E-state index in [0.29, 0.717) is 23.0 Å². The van der Waals surface area contributed by atoms with Crippen LogP contribution >= 0.6 is 11.3 Å². The number of hydrogen-bond donors (Lipinski definition) is 4. The highest BCUT2D eigenvalue weighted by atomic mass is 32.1. The van der Waals surface area contributed by atoms with E-state index in [1.807, 2.05) is 13.8 Å². The molecule has 0 atom stereocenters. The van der Waals surface area contributed by atoms with Crippen molar-refractivity contribution in [2.45, 2.75) is 20.3 Å². The Balaban J connectivity index is 3.08. The number of carbonyl (C=O) groups is 2. The molecule has 0 saturated carbocycles. The van der Waals surface area contributed by atoms with E-state index >= 15 is 0 Å². The molecule has 0 aliphatic heterocycles. The van der Waals surface area contributed by atoms with Gasteiger partial charge in [-0.1, -0.05) is 19.1 Å². The zero-order chi connectivity index (χ0) is 15.3. The normalized spacial score (nSPS) is 10.1. The Labute approximate surface area is 122 Å². The van der Waals surface area contributed by atoms with E-state index in [1.54, 1.807) is 0 Å². The van der Waals surface area contributed by atoms with Gasteiger partial charge in [-0.05, 0) is 13.3 Å². The van der Waals surface area contributed by atoms with Gasteiger partial charge in [0.2, 0.25) is 0 Å². The zero-order valence-corrected chi connectivity index (χ0v) is 12.5. The second kappa shape index (κ2) is 6.95. The first-order valence-electron chi connectivity index (χ1n) is 6.27. The number of carbonyl (C=O) groups excluding carboxylic acids is 2. The van der Waals surface area contributed by atoms with Crippen LogP contribution in [0.25, 0.3) is 0 Å². The molecule has 2 amide bonds. The van der Waals surface area contributed by atoms with Gasteiger partial charge in [0.05, 0.1) is 11.3 Å². The van der Waals surface area contributed by atoms with Gasteiger partial charge >= 0.3 is 0 Å². The molecule has 0 aliphatic carbocycles. The first-order chi connectivity index (χ1) is 9.38. The van der Waals surface area contributed by atoms with Crippen molar-refractivity contribution in [2.24, 2.45) is 5.73 Å². The molecule has 0 unspecified atom stereocenters. The highest BCUT2D eigenvalue weighted by Gasteiger charge is 2.23. The molecule has 0 bridgehead atoms. The molecule has 1 heterocycles. The van der Waals surface area contributed by atoms with E-state index in [0.717, 1.165) is 23.3 Å². The standard InChI is InChI=1S/C13H20N4O2S/c1-4-5-16-12(19)10-9(14)8(11(15)18)13(20-10)17-6-7(2)3/h17H,2,4-6,14H2,1,3H3,(H2,15,18)(H,16,19). The van der Waals surface area contributed by atoms with Crippen LogP contribution in [0.5, 0.6) is 0 Å². The van der Waals surface area contributed by atoms with Gasteiger partial charge in [0.1, 0.15) is 9.88 Å². The fourth-order valence-corrected chi connectivity index (χ4v) is 2.57. The molecule has 1 aromatic heterocycles. The lowest BCUT2D eigenvalue weighted by Gasteiger charge is -2.04. The van der Waals surface area contributed by atoms with Crippen LogP contribution in [-0.4, -0.2) is 24.9 Å². The second-order valence-electron chi connectivity index (χ2n) is 4.48. The van der Waals surface area contributed by atoms with Gasteiger partial charge in [-0.25, -0.2) is 0 Å². The maximum Gasteiger partial charge on any atom is 0.263 e. The van der Waals surface area contributed by atoms with Crippen LogP contribution in [0.2, 0.25) is 0 Å². The molecule has 1 aromatic rings. The predicted octanol–water partition coefficient (Wildman–Crippen LogP) is 1.56. The van der Waals surface area contributed by atoms with Crippen LogP contribution in [0.1, 0.15) is 40.3 Å². The summed E-state index contributed by atoms with van der Waals surface area (Å²) in [7, 11) is 0. The largest absolute Gasteiger partial charge is 0.397 e. The van der Waals surface area contributed by atoms with Crippen LogP contribution in [0.15, 0.2) is 12.2 Å². The van der Waals surface area contributed by atoms with Gasteiger partial charge < -0.3 is 22.1 Å². The topological polar surface area (TPSA) is 110 Å². The van der Waals surface area contributed by atoms with Crippen LogP contribution in [0.3, 0.4) is 0 Å². The van der Waals surface area contributed by atoms with Crippen molar-refractivity contribution in [1.82, 2.24) is 5.32 Å². The lowest BCUT2D eigenvalue weighted by atomic mass is 10.2. The third-order valence-electron chi connectivity index (χ3n) is 2.48. The van der Waals surface area contributed by atoms with E-state index < -0.39 is 5.91 Å². The summed E-state index contributed by atoms with van der Waals surface area (Å²) in [4.78, 5) is 23.8. The van der Waals surface area contributed by atoms with E-state index in [-0.39, 0.29) is 17.2 Å². The molecule has 6 N–H and O–H groups in total. The zero-order valence-electron chi connectivity index (χ0n) is 11.7. The van der Waals surface area contributed by atoms with Crippen LogP contribution in [-0.2, 0) is 0 Å². The van der Waals surface area contributed by atoms with Gasteiger partial charge in [-0.15, -0.1) is 11.3 Å². The Morgan fingerprint density at radius 3 is 2.55 bits per heavy atom. The summed E-state index contributed by atoms with van der Waals surface area (Å²) in [5.41, 5.74) is 12.4. The number of amides is 2. The summed E-state index contributed by atoms with van der Waals surface area (Å²) < 4.78 is 0. The van der Waals surface area contributed by atoms with Gasteiger partial charge in [0.15, 0.2) is 0 Å². The monoisotopic (exact) mass is 296 g/mol. The number of anilines is 2. The maximum atomic E-state index is 12.0. The van der Waals surface area contributed by atoms with E-state index in [4.69, 9.17) is 11.5 Å². The minimum atomic E-state index is -0.655. The Kier molecular flexibility index (Phi) is 5.57. The Bertz CT molecular complexity index is 537. The number of rotatable bonds is 7. The summed E-state index contributed by atoms with van der Waals surface area (Å²) in [6.07, 6.45) is 0.820. The third-order valence-corrected chi connectivity index (χ3v) is 3.65. The molecule has 0 fully saturated rings. The molecule has 7 heteroatoms. The number of thiophene rings is 1. The first kappa shape index (κ1) is 16.0. The third kappa shape index (κ3) is 3.74. The summed E-state index contributed by atoms with van der Waals surface area (Å²) in [5, 5.41) is 6.25. The van der Waals surface area contributed by atoms with E-state index in [9.17, 15) is 9.59 Å². The summed E-state index contributed by atoms with van der Waals surface area (Å²) in [6.45, 7) is 8.60. The molecule has 20 heavy (non-hydrogen) atoms. The van der Waals surface area contributed by atoms with Gasteiger partial charge in [0, 0.05) is 13.1 Å². The van der Waals surface area contributed by atoms with E-state index in [2.05, 4.69) is 17.2 Å². The molecular weight excluding hydrogens is 276 g/mol. The summed E-state index contributed by atoms with van der Waals surface area (Å²) >= 11 is 1.12. The highest BCUT2D eigenvalue weighted by molar-refractivity contribution is 7.19. The van der Waals surface area contributed by atoms with Crippen molar-refractivity contribution in [2.75, 3.05) is 24.1 Å². The molecule has 110 valence electrons. The SMILES string of the molecule is C=C(C)CNc1sc(C(=O)NCCC)c(N)c1C(N)=O. The number of nitrogens with two attached hydrogens (primary N) is 2. The minimum absolute atomic E-state index is 0.125. The lowest BCUT2D eigenvalue weighted by molar-refractivity contribution is 0.0958. The lowest BCUT2D eigenvalue weighted by Crippen LogP contribution is -2.24. The quantitative estimate of drug-likeness (QED) is 0.572. The first-order valence-corrected chi connectivity index (χ1v) is 7.08. The Morgan fingerprint density at radius 2 is 2.05 bits per heavy atom. The molecule has 6 nitrogen and oxygen atoms in total. The van der Waals surface area contributed by atoms with Gasteiger partial charge in [-0.3, -0.25) is 9.59 Å². The average Bonchev–Trinajstić information content (AvgIpc) is 2.70. The Hall–Kier alpha value is -2.02. The minimum Gasteiger partial charge on any atom is -0.397 e. The number of nitrogen functional groups attached to an aromatic ring is 1. The van der Waals surface area contributed by atoms with Crippen LogP contribution in [0.4, 0.5) is 10.7 Å². The summed E-state index contributed by atoms with van der Waals surface area (Å²) in [6, 6.07) is 0. The molecule has 1 rings (SSSR count). The van der Waals surface area contributed by atoms with Gasteiger partial charge in [-0.2, -0.15) is 0 Å². The smallest absolute Gasteiger partial charge is 0.263 e. The van der Waals surface area contributed by atoms with E-state index in [1.165, 1.54) is 0 Å². The highest BCUT2D eigenvalue weighted by Crippen LogP contribution is 2.35. The van der Waals surface area contributed by atoms with Crippen molar-refractivity contribution in [3.8, 4) is 0 Å². The molecular formula is C13H20N4O2S. The molecule has 0 radical (unpaired) electrons. The van der Waals surface area contributed by atoms with Crippen molar-refractivity contribution in [3.63, 3.8) is 0 Å². The molecule has 0 saturated heterocycles. The summed E-state index contributed by atoms with van der Waals surface area (Å²) in [5.74, 6) is -0.947.